The molecule has 0 bridgehead atoms. The summed E-state index contributed by atoms with van der Waals surface area (Å²) in [6.45, 7) is 1.99. The smallest absolute Gasteiger partial charge is 0.240 e. The van der Waals surface area contributed by atoms with E-state index in [0.29, 0.717) is 23.0 Å². The zero-order valence-corrected chi connectivity index (χ0v) is 16.7. The van der Waals surface area contributed by atoms with Crippen molar-refractivity contribution in [2.45, 2.75) is 29.8 Å². The van der Waals surface area contributed by atoms with Crippen LogP contribution in [0, 0.1) is 5.82 Å². The first kappa shape index (κ1) is 19.3. The number of hydrogen-bond donors (Lipinski definition) is 2. The van der Waals surface area contributed by atoms with Crippen LogP contribution >= 0.6 is 11.8 Å². The summed E-state index contributed by atoms with van der Waals surface area (Å²) < 4.78 is 20.4. The molecule has 4 rings (SSSR count). The van der Waals surface area contributed by atoms with Crippen molar-refractivity contribution in [1.82, 2.24) is 14.9 Å². The quantitative estimate of drug-likeness (QED) is 0.667. The molecule has 7 nitrogen and oxygen atoms in total. The topological polar surface area (TPSA) is 81.1 Å². The molecule has 0 aliphatic carbocycles. The minimum absolute atomic E-state index is 0.186. The number of anilines is 1. The second kappa shape index (κ2) is 8.12. The minimum atomic E-state index is -0.524. The zero-order valence-electron chi connectivity index (χ0n) is 15.9. The van der Waals surface area contributed by atoms with Crippen molar-refractivity contribution in [2.75, 3.05) is 17.9 Å². The number of benzene rings is 2. The second-order valence-corrected chi connectivity index (χ2v) is 7.61. The number of carbonyl (C=O) groups excluding carboxylic acids is 1. The summed E-state index contributed by atoms with van der Waals surface area (Å²) >= 11 is 1.33. The fraction of sp³-hybridized carbons (Fsp3) is 0.250. The number of amides is 1. The summed E-state index contributed by atoms with van der Waals surface area (Å²) in [5, 5.41) is 11.4. The number of hydrogen-bond acceptors (Lipinski definition) is 6. The number of halogens is 1. The number of aromatic nitrogens is 3. The second-order valence-electron chi connectivity index (χ2n) is 6.50. The molecule has 2 atom stereocenters. The number of fused-ring (bicyclic) bond motifs is 1. The Labute approximate surface area is 171 Å². The lowest BCUT2D eigenvalue weighted by Crippen LogP contribution is -2.41. The average Bonchev–Trinajstić information content (AvgIpc) is 3.16. The fourth-order valence-electron chi connectivity index (χ4n) is 3.14. The predicted molar refractivity (Wildman–Crippen MR) is 109 cm³/mol. The van der Waals surface area contributed by atoms with Crippen LogP contribution in [-0.4, -0.2) is 33.1 Å². The van der Waals surface area contributed by atoms with Gasteiger partial charge in [0.2, 0.25) is 11.1 Å². The summed E-state index contributed by atoms with van der Waals surface area (Å²) in [7, 11) is 1.59. The van der Waals surface area contributed by atoms with E-state index in [4.69, 9.17) is 4.74 Å². The van der Waals surface area contributed by atoms with Crippen LogP contribution in [0.25, 0.3) is 0 Å². The van der Waals surface area contributed by atoms with Gasteiger partial charge < -0.3 is 15.5 Å². The van der Waals surface area contributed by atoms with Crippen LogP contribution in [-0.2, 0) is 11.2 Å². The van der Waals surface area contributed by atoms with Gasteiger partial charge in [0.1, 0.15) is 16.8 Å². The first-order valence-corrected chi connectivity index (χ1v) is 10.0. The van der Waals surface area contributed by atoms with Crippen LogP contribution < -0.4 is 15.5 Å². The Kier molecular flexibility index (Phi) is 5.39. The molecule has 2 aromatic carbocycles. The summed E-state index contributed by atoms with van der Waals surface area (Å²) in [4.78, 5) is 13.1. The summed E-state index contributed by atoms with van der Waals surface area (Å²) in [5.41, 5.74) is 4.80. The third kappa shape index (κ3) is 3.91. The standard InChI is InChI=1S/C20H20FN5O2S/c1-3-16-23-24-20-26(16)25-17(12-4-6-13(21)7-5-12)18(29-20)19(27)22-14-8-10-15(28-2)11-9-14/h4-11,17-18,25H,3H2,1-2H3,(H,22,27)/t17-,18+/m1/s1. The van der Waals surface area contributed by atoms with Crippen LogP contribution in [0.1, 0.15) is 24.4 Å². The third-order valence-corrected chi connectivity index (χ3v) is 5.88. The maximum absolute atomic E-state index is 13.4. The predicted octanol–water partition coefficient (Wildman–Crippen LogP) is 3.39. The molecule has 1 amide bonds. The number of nitrogens with zero attached hydrogens (tertiary/aromatic N) is 3. The number of ether oxygens (including phenoxy) is 1. The monoisotopic (exact) mass is 413 g/mol. The van der Waals surface area contributed by atoms with Crippen molar-refractivity contribution in [1.29, 1.82) is 0 Å². The normalized spacial score (nSPS) is 17.9. The van der Waals surface area contributed by atoms with Crippen molar-refractivity contribution in [3.63, 3.8) is 0 Å². The van der Waals surface area contributed by atoms with Gasteiger partial charge in [0.15, 0.2) is 5.82 Å². The molecule has 1 aliphatic heterocycles. The number of rotatable bonds is 5. The van der Waals surface area contributed by atoms with Gasteiger partial charge >= 0.3 is 0 Å². The van der Waals surface area contributed by atoms with Crippen molar-refractivity contribution in [2.24, 2.45) is 0 Å². The molecule has 1 aliphatic rings. The lowest BCUT2D eigenvalue weighted by Gasteiger charge is -2.33. The molecule has 0 spiro atoms. The Hall–Kier alpha value is -3.07. The van der Waals surface area contributed by atoms with E-state index < -0.39 is 5.25 Å². The highest BCUT2D eigenvalue weighted by Crippen LogP contribution is 2.37. The molecular formula is C20H20FN5O2S. The highest BCUT2D eigenvalue weighted by Gasteiger charge is 2.37. The van der Waals surface area contributed by atoms with Crippen molar-refractivity contribution in [3.05, 3.63) is 65.7 Å². The molecule has 2 N–H and O–H groups in total. The molecule has 0 radical (unpaired) electrons. The van der Waals surface area contributed by atoms with E-state index in [1.807, 2.05) is 6.92 Å². The summed E-state index contributed by atoms with van der Waals surface area (Å²) in [6.07, 6.45) is 0.694. The fourth-order valence-corrected chi connectivity index (χ4v) is 4.23. The number of thioether (sulfide) groups is 1. The summed E-state index contributed by atoms with van der Waals surface area (Å²) in [6, 6.07) is 12.9. The SMILES string of the molecule is CCc1nnc2n1N[C@H](c1ccc(F)cc1)[C@@H](C(=O)Nc1ccc(OC)cc1)S2. The van der Waals surface area contributed by atoms with E-state index >= 15 is 0 Å². The molecule has 150 valence electrons. The van der Waals surface area contributed by atoms with Gasteiger partial charge in [0.05, 0.1) is 13.2 Å². The molecule has 0 unspecified atom stereocenters. The third-order valence-electron chi connectivity index (χ3n) is 4.67. The van der Waals surface area contributed by atoms with E-state index in [9.17, 15) is 9.18 Å². The van der Waals surface area contributed by atoms with Crippen LogP contribution in [0.15, 0.2) is 53.7 Å². The van der Waals surface area contributed by atoms with Gasteiger partial charge in [-0.2, -0.15) is 0 Å². The van der Waals surface area contributed by atoms with E-state index in [2.05, 4.69) is 20.9 Å². The molecule has 29 heavy (non-hydrogen) atoms. The number of aryl methyl sites for hydroxylation is 1. The minimum Gasteiger partial charge on any atom is -0.497 e. The highest BCUT2D eigenvalue weighted by atomic mass is 32.2. The summed E-state index contributed by atoms with van der Waals surface area (Å²) in [5.74, 6) is 0.972. The van der Waals surface area contributed by atoms with Crippen LogP contribution in [0.4, 0.5) is 10.1 Å². The van der Waals surface area contributed by atoms with Gasteiger partial charge in [-0.3, -0.25) is 4.79 Å². The molecule has 0 saturated carbocycles. The average molecular weight is 413 g/mol. The number of carbonyl (C=O) groups is 1. The number of methoxy groups -OCH3 is 1. The zero-order chi connectivity index (χ0) is 20.4. The molecule has 3 aromatic rings. The maximum atomic E-state index is 13.4. The first-order valence-electron chi connectivity index (χ1n) is 9.17. The first-order chi connectivity index (χ1) is 14.1. The maximum Gasteiger partial charge on any atom is 0.240 e. The largest absolute Gasteiger partial charge is 0.497 e. The molecule has 2 heterocycles. The van der Waals surface area contributed by atoms with E-state index in [1.54, 1.807) is 48.2 Å². The van der Waals surface area contributed by atoms with Gasteiger partial charge in [-0.25, -0.2) is 9.07 Å². The van der Waals surface area contributed by atoms with Gasteiger partial charge in [-0.1, -0.05) is 30.8 Å². The number of nitrogens with one attached hydrogen (secondary N) is 2. The van der Waals surface area contributed by atoms with Crippen molar-refractivity contribution in [3.8, 4) is 5.75 Å². The van der Waals surface area contributed by atoms with Gasteiger partial charge in [0, 0.05) is 12.1 Å². The Morgan fingerprint density at radius 3 is 2.59 bits per heavy atom. The van der Waals surface area contributed by atoms with E-state index in [0.717, 1.165) is 11.4 Å². The van der Waals surface area contributed by atoms with Gasteiger partial charge in [-0.15, -0.1) is 10.2 Å². The van der Waals surface area contributed by atoms with Crippen LogP contribution in [0.3, 0.4) is 0 Å². The van der Waals surface area contributed by atoms with E-state index in [-0.39, 0.29) is 17.8 Å². The Bertz CT molecular complexity index is 1010. The van der Waals surface area contributed by atoms with E-state index in [1.165, 1.54) is 23.9 Å². The molecule has 9 heteroatoms. The van der Waals surface area contributed by atoms with Gasteiger partial charge in [-0.05, 0) is 42.0 Å². The van der Waals surface area contributed by atoms with Crippen molar-refractivity contribution >= 4 is 23.4 Å². The Morgan fingerprint density at radius 2 is 1.93 bits per heavy atom. The van der Waals surface area contributed by atoms with Crippen LogP contribution in [0.5, 0.6) is 5.75 Å². The molecule has 0 fully saturated rings. The molecular weight excluding hydrogens is 393 g/mol. The Morgan fingerprint density at radius 1 is 1.21 bits per heavy atom. The lowest BCUT2D eigenvalue weighted by molar-refractivity contribution is -0.116. The highest BCUT2D eigenvalue weighted by molar-refractivity contribution is 8.00. The lowest BCUT2D eigenvalue weighted by atomic mass is 10.0. The van der Waals surface area contributed by atoms with Crippen LogP contribution in [0.2, 0.25) is 0 Å². The molecule has 1 aromatic heterocycles. The Balaban J connectivity index is 1.63. The van der Waals surface area contributed by atoms with Crippen molar-refractivity contribution < 1.29 is 13.9 Å². The van der Waals surface area contributed by atoms with Gasteiger partial charge in [0.25, 0.3) is 0 Å². The molecule has 0 saturated heterocycles.